The van der Waals surface area contributed by atoms with Crippen molar-refractivity contribution in [3.8, 4) is 0 Å². The maximum Gasteiger partial charge on any atom is 0.243 e. The van der Waals surface area contributed by atoms with E-state index in [0.29, 0.717) is 37.2 Å². The number of piperidine rings is 1. The van der Waals surface area contributed by atoms with Crippen LogP contribution in [0, 0.1) is 12.3 Å². The van der Waals surface area contributed by atoms with Gasteiger partial charge in [-0.15, -0.1) is 0 Å². The number of carbonyl (C=O) groups is 1. The van der Waals surface area contributed by atoms with Gasteiger partial charge in [-0.3, -0.25) is 4.79 Å². The molecule has 1 saturated heterocycles. The number of nitrogens with zero attached hydrogens (tertiary/aromatic N) is 1. The fourth-order valence-electron chi connectivity index (χ4n) is 2.86. The van der Waals surface area contributed by atoms with Crippen LogP contribution in [0.1, 0.15) is 45.6 Å². The number of nitrogens with one attached hydrogen (secondary N) is 1. The predicted octanol–water partition coefficient (Wildman–Crippen LogP) is 2.70. The molecular weight excluding hydrogens is 324 g/mol. The van der Waals surface area contributed by atoms with Crippen molar-refractivity contribution in [1.29, 1.82) is 0 Å². The molecule has 1 aromatic rings. The topological polar surface area (TPSA) is 66.5 Å². The van der Waals surface area contributed by atoms with Gasteiger partial charge in [0, 0.05) is 25.6 Å². The van der Waals surface area contributed by atoms with Crippen LogP contribution in [-0.2, 0) is 14.8 Å². The van der Waals surface area contributed by atoms with Crippen molar-refractivity contribution in [2.45, 2.75) is 57.9 Å². The van der Waals surface area contributed by atoms with Crippen LogP contribution >= 0.6 is 0 Å². The molecule has 24 heavy (non-hydrogen) atoms. The number of hydrogen-bond acceptors (Lipinski definition) is 3. The van der Waals surface area contributed by atoms with Gasteiger partial charge in [0.15, 0.2) is 0 Å². The lowest BCUT2D eigenvalue weighted by Gasteiger charge is -2.32. The quantitative estimate of drug-likeness (QED) is 0.906. The molecule has 1 heterocycles. The van der Waals surface area contributed by atoms with Crippen LogP contribution in [0.15, 0.2) is 29.2 Å². The van der Waals surface area contributed by atoms with Crippen molar-refractivity contribution in [1.82, 2.24) is 9.62 Å². The van der Waals surface area contributed by atoms with Gasteiger partial charge >= 0.3 is 0 Å². The van der Waals surface area contributed by atoms with Gasteiger partial charge in [-0.1, -0.05) is 38.5 Å². The highest BCUT2D eigenvalue weighted by Crippen LogP contribution is 2.22. The zero-order chi connectivity index (χ0) is 18.0. The number of aryl methyl sites for hydroxylation is 1. The Labute approximate surface area is 145 Å². The average molecular weight is 353 g/mol. The number of carbonyl (C=O) groups excluding carboxylic acids is 1. The molecule has 6 heteroatoms. The number of rotatable bonds is 4. The molecule has 1 aliphatic rings. The first-order valence-electron chi connectivity index (χ1n) is 8.44. The molecule has 1 aliphatic heterocycles. The Kier molecular flexibility index (Phi) is 5.71. The van der Waals surface area contributed by atoms with E-state index < -0.39 is 10.0 Å². The van der Waals surface area contributed by atoms with E-state index in [1.54, 1.807) is 12.1 Å². The van der Waals surface area contributed by atoms with Gasteiger partial charge in [0.25, 0.3) is 0 Å². The molecule has 0 spiro atoms. The van der Waals surface area contributed by atoms with Gasteiger partial charge < -0.3 is 5.32 Å². The van der Waals surface area contributed by atoms with Crippen molar-refractivity contribution >= 4 is 15.9 Å². The van der Waals surface area contributed by atoms with Crippen molar-refractivity contribution in [2.24, 2.45) is 5.41 Å². The Morgan fingerprint density at radius 3 is 2.21 bits per heavy atom. The van der Waals surface area contributed by atoms with Crippen LogP contribution in [0.3, 0.4) is 0 Å². The van der Waals surface area contributed by atoms with Crippen molar-refractivity contribution in [3.63, 3.8) is 0 Å². The summed E-state index contributed by atoms with van der Waals surface area (Å²) in [5.41, 5.74) is 0.994. The lowest BCUT2D eigenvalue weighted by Crippen LogP contribution is -2.46. The zero-order valence-electron chi connectivity index (χ0n) is 15.0. The molecule has 0 atom stereocenters. The van der Waals surface area contributed by atoms with E-state index in [2.05, 4.69) is 5.32 Å². The molecule has 0 radical (unpaired) electrons. The summed E-state index contributed by atoms with van der Waals surface area (Å²) in [6.45, 7) is 8.91. The molecule has 1 N–H and O–H groups in total. The highest BCUT2D eigenvalue weighted by atomic mass is 32.2. The van der Waals surface area contributed by atoms with E-state index in [4.69, 9.17) is 0 Å². The summed E-state index contributed by atoms with van der Waals surface area (Å²) in [5.74, 6) is 0.0438. The second-order valence-corrected chi connectivity index (χ2v) is 9.73. The minimum atomic E-state index is -3.44. The fourth-order valence-corrected chi connectivity index (χ4v) is 4.33. The molecule has 2 rings (SSSR count). The molecule has 1 fully saturated rings. The highest BCUT2D eigenvalue weighted by molar-refractivity contribution is 7.89. The predicted molar refractivity (Wildman–Crippen MR) is 95.2 cm³/mol. The lowest BCUT2D eigenvalue weighted by atomic mass is 9.91. The molecule has 0 saturated carbocycles. The van der Waals surface area contributed by atoms with Crippen LogP contribution < -0.4 is 5.32 Å². The fraction of sp³-hybridized carbons (Fsp3) is 0.611. The van der Waals surface area contributed by atoms with E-state index >= 15 is 0 Å². The normalized spacial score (nSPS) is 17.7. The number of amides is 1. The number of hydrogen-bond donors (Lipinski definition) is 1. The Morgan fingerprint density at radius 2 is 1.71 bits per heavy atom. The summed E-state index contributed by atoms with van der Waals surface area (Å²) in [6.07, 6.45) is 1.79. The second kappa shape index (κ2) is 7.23. The Morgan fingerprint density at radius 1 is 1.17 bits per heavy atom. The Balaban J connectivity index is 1.92. The van der Waals surface area contributed by atoms with Gasteiger partial charge in [0.05, 0.1) is 4.90 Å². The van der Waals surface area contributed by atoms with E-state index in [1.165, 1.54) is 4.31 Å². The van der Waals surface area contributed by atoms with Crippen molar-refractivity contribution in [2.75, 3.05) is 13.1 Å². The maximum absolute atomic E-state index is 12.7. The minimum Gasteiger partial charge on any atom is -0.353 e. The summed E-state index contributed by atoms with van der Waals surface area (Å²) < 4.78 is 26.8. The average Bonchev–Trinajstić information content (AvgIpc) is 2.46. The SMILES string of the molecule is Cc1ccc(S(=O)(=O)N2CCC(NC(=O)CC(C)(C)C)CC2)cc1. The van der Waals surface area contributed by atoms with Crippen LogP contribution in [-0.4, -0.2) is 37.8 Å². The highest BCUT2D eigenvalue weighted by Gasteiger charge is 2.30. The van der Waals surface area contributed by atoms with E-state index in [1.807, 2.05) is 39.8 Å². The third-order valence-corrected chi connectivity index (χ3v) is 6.08. The third kappa shape index (κ3) is 5.05. The van der Waals surface area contributed by atoms with Crippen molar-refractivity contribution in [3.05, 3.63) is 29.8 Å². The van der Waals surface area contributed by atoms with Crippen LogP contribution in [0.5, 0.6) is 0 Å². The molecule has 0 bridgehead atoms. The van der Waals surface area contributed by atoms with Crippen LogP contribution in [0.2, 0.25) is 0 Å². The van der Waals surface area contributed by atoms with Gasteiger partial charge in [-0.25, -0.2) is 8.42 Å². The molecule has 134 valence electrons. The van der Waals surface area contributed by atoms with Gasteiger partial charge in [0.2, 0.25) is 15.9 Å². The summed E-state index contributed by atoms with van der Waals surface area (Å²) in [6, 6.07) is 6.99. The Hall–Kier alpha value is -1.40. The van der Waals surface area contributed by atoms with Gasteiger partial charge in [-0.2, -0.15) is 4.31 Å². The smallest absolute Gasteiger partial charge is 0.243 e. The maximum atomic E-state index is 12.7. The van der Waals surface area contributed by atoms with Gasteiger partial charge in [-0.05, 0) is 37.3 Å². The largest absolute Gasteiger partial charge is 0.353 e. The van der Waals surface area contributed by atoms with Crippen LogP contribution in [0.4, 0.5) is 0 Å². The molecule has 0 aliphatic carbocycles. The lowest BCUT2D eigenvalue weighted by molar-refractivity contribution is -0.123. The van der Waals surface area contributed by atoms with E-state index in [9.17, 15) is 13.2 Å². The Bertz CT molecular complexity index is 667. The third-order valence-electron chi connectivity index (χ3n) is 4.17. The molecule has 5 nitrogen and oxygen atoms in total. The standard InChI is InChI=1S/C18H28N2O3S/c1-14-5-7-16(8-6-14)24(22,23)20-11-9-15(10-12-20)19-17(21)13-18(2,3)4/h5-8,15H,9-13H2,1-4H3,(H,19,21). The zero-order valence-corrected chi connectivity index (χ0v) is 15.8. The number of benzene rings is 1. The summed E-state index contributed by atoms with van der Waals surface area (Å²) >= 11 is 0. The summed E-state index contributed by atoms with van der Waals surface area (Å²) in [7, 11) is -3.44. The molecule has 1 amide bonds. The molecule has 0 unspecified atom stereocenters. The van der Waals surface area contributed by atoms with E-state index in [-0.39, 0.29) is 17.4 Å². The molecule has 0 aromatic heterocycles. The first-order valence-corrected chi connectivity index (χ1v) is 9.88. The summed E-state index contributed by atoms with van der Waals surface area (Å²) in [5, 5.41) is 3.03. The monoisotopic (exact) mass is 352 g/mol. The van der Waals surface area contributed by atoms with Gasteiger partial charge in [0.1, 0.15) is 0 Å². The number of sulfonamides is 1. The molecule has 1 aromatic carbocycles. The van der Waals surface area contributed by atoms with Crippen molar-refractivity contribution < 1.29 is 13.2 Å². The van der Waals surface area contributed by atoms with E-state index in [0.717, 1.165) is 5.56 Å². The molecular formula is C18H28N2O3S. The minimum absolute atomic E-state index is 0.0421. The van der Waals surface area contributed by atoms with Crippen LogP contribution in [0.25, 0.3) is 0 Å². The first-order chi connectivity index (χ1) is 11.1. The summed E-state index contributed by atoms with van der Waals surface area (Å²) in [4.78, 5) is 12.4. The second-order valence-electron chi connectivity index (χ2n) is 7.80. The first kappa shape index (κ1) is 18.9.